The van der Waals surface area contributed by atoms with Crippen molar-refractivity contribution in [2.75, 3.05) is 0 Å². The summed E-state index contributed by atoms with van der Waals surface area (Å²) in [5.41, 5.74) is 3.24. The Morgan fingerprint density at radius 2 is 1.79 bits per heavy atom. The van der Waals surface area contributed by atoms with Crippen molar-refractivity contribution in [3.05, 3.63) is 70.1 Å². The number of hydrogen-bond donors (Lipinski definition) is 2. The Hall–Kier alpha value is -2.82. The number of amides is 1. The van der Waals surface area contributed by atoms with Crippen molar-refractivity contribution in [3.8, 4) is 0 Å². The third-order valence-electron chi connectivity index (χ3n) is 4.19. The molecule has 1 heterocycles. The SMILES string of the molecule is CC(=O)NC(C)(C)c1ccc(Cn2c(=O)[nH]c3ccccc32)cc1. The number of aromatic nitrogens is 2. The summed E-state index contributed by atoms with van der Waals surface area (Å²) in [5.74, 6) is -0.0607. The monoisotopic (exact) mass is 323 g/mol. The maximum absolute atomic E-state index is 12.2. The molecule has 0 atom stereocenters. The van der Waals surface area contributed by atoms with Crippen molar-refractivity contribution in [1.29, 1.82) is 0 Å². The molecule has 0 radical (unpaired) electrons. The molecule has 0 bridgehead atoms. The Balaban J connectivity index is 1.88. The lowest BCUT2D eigenvalue weighted by Crippen LogP contribution is -2.39. The van der Waals surface area contributed by atoms with Crippen LogP contribution in [-0.2, 0) is 16.9 Å². The molecule has 5 nitrogen and oxygen atoms in total. The van der Waals surface area contributed by atoms with E-state index < -0.39 is 5.54 Å². The van der Waals surface area contributed by atoms with Gasteiger partial charge in [0.1, 0.15) is 0 Å². The minimum Gasteiger partial charge on any atom is -0.347 e. The first-order valence-corrected chi connectivity index (χ1v) is 7.92. The van der Waals surface area contributed by atoms with E-state index in [4.69, 9.17) is 0 Å². The molecule has 0 fully saturated rings. The molecule has 0 aliphatic rings. The Bertz CT molecular complexity index is 933. The summed E-state index contributed by atoms with van der Waals surface area (Å²) in [6.45, 7) is 5.95. The fraction of sp³-hybridized carbons (Fsp3) is 0.263. The summed E-state index contributed by atoms with van der Waals surface area (Å²) in [7, 11) is 0. The molecule has 0 unspecified atom stereocenters. The van der Waals surface area contributed by atoms with E-state index in [2.05, 4.69) is 10.3 Å². The summed E-state index contributed by atoms with van der Waals surface area (Å²) in [6.07, 6.45) is 0. The predicted molar refractivity (Wildman–Crippen MR) is 94.9 cm³/mol. The molecule has 0 spiro atoms. The number of carbonyl (C=O) groups excluding carboxylic acids is 1. The number of rotatable bonds is 4. The van der Waals surface area contributed by atoms with Crippen LogP contribution in [0.15, 0.2) is 53.3 Å². The highest BCUT2D eigenvalue weighted by Gasteiger charge is 2.21. The number of nitrogens with one attached hydrogen (secondary N) is 2. The number of imidazole rings is 1. The molecule has 5 heteroatoms. The van der Waals surface area contributed by atoms with E-state index in [-0.39, 0.29) is 11.6 Å². The van der Waals surface area contributed by atoms with Crippen molar-refractivity contribution in [1.82, 2.24) is 14.9 Å². The van der Waals surface area contributed by atoms with E-state index >= 15 is 0 Å². The lowest BCUT2D eigenvalue weighted by atomic mass is 9.93. The molecule has 124 valence electrons. The number of para-hydroxylation sites is 2. The Morgan fingerprint density at radius 3 is 2.46 bits per heavy atom. The zero-order valence-corrected chi connectivity index (χ0v) is 14.1. The fourth-order valence-corrected chi connectivity index (χ4v) is 2.99. The standard InChI is InChI=1S/C19H21N3O2/c1-13(23)21-19(2,3)15-10-8-14(9-11-15)12-22-17-7-5-4-6-16(17)20-18(22)24/h4-11H,12H2,1-3H3,(H,20,24)(H,21,23). The summed E-state index contributed by atoms with van der Waals surface area (Å²) < 4.78 is 1.73. The van der Waals surface area contributed by atoms with Crippen molar-refractivity contribution in [2.45, 2.75) is 32.9 Å². The molecule has 2 N–H and O–H groups in total. The molecule has 1 aromatic heterocycles. The second kappa shape index (κ2) is 6.00. The number of fused-ring (bicyclic) bond motifs is 1. The van der Waals surface area contributed by atoms with Crippen molar-refractivity contribution < 1.29 is 4.79 Å². The van der Waals surface area contributed by atoms with Gasteiger partial charge < -0.3 is 10.3 Å². The number of carbonyl (C=O) groups is 1. The van der Waals surface area contributed by atoms with Crippen LogP contribution in [0, 0.1) is 0 Å². The maximum Gasteiger partial charge on any atom is 0.326 e. The highest BCUT2D eigenvalue weighted by atomic mass is 16.2. The number of nitrogens with zero attached hydrogens (tertiary/aromatic N) is 1. The van der Waals surface area contributed by atoms with Crippen LogP contribution < -0.4 is 11.0 Å². The lowest BCUT2D eigenvalue weighted by Gasteiger charge is -2.26. The topological polar surface area (TPSA) is 66.9 Å². The zero-order chi connectivity index (χ0) is 17.3. The summed E-state index contributed by atoms with van der Waals surface area (Å²) in [6, 6.07) is 15.6. The Labute approximate surface area is 140 Å². The summed E-state index contributed by atoms with van der Waals surface area (Å²) >= 11 is 0. The van der Waals surface area contributed by atoms with Gasteiger partial charge in [0.05, 0.1) is 23.1 Å². The van der Waals surface area contributed by atoms with E-state index in [9.17, 15) is 9.59 Å². The van der Waals surface area contributed by atoms with Gasteiger partial charge in [-0.3, -0.25) is 9.36 Å². The fourth-order valence-electron chi connectivity index (χ4n) is 2.99. The van der Waals surface area contributed by atoms with E-state index in [1.165, 1.54) is 6.92 Å². The minimum atomic E-state index is -0.429. The molecule has 0 saturated carbocycles. The van der Waals surface area contributed by atoms with Gasteiger partial charge in [-0.1, -0.05) is 36.4 Å². The minimum absolute atomic E-state index is 0.0607. The van der Waals surface area contributed by atoms with E-state index in [0.717, 1.165) is 22.2 Å². The molecular weight excluding hydrogens is 302 g/mol. The van der Waals surface area contributed by atoms with Crippen LogP contribution in [0.5, 0.6) is 0 Å². The van der Waals surface area contributed by atoms with Crippen molar-refractivity contribution in [2.24, 2.45) is 0 Å². The van der Waals surface area contributed by atoms with Crippen LogP contribution in [-0.4, -0.2) is 15.5 Å². The third kappa shape index (κ3) is 3.11. The number of aromatic amines is 1. The molecule has 0 saturated heterocycles. The van der Waals surface area contributed by atoms with Gasteiger partial charge in [-0.25, -0.2) is 4.79 Å². The van der Waals surface area contributed by atoms with Crippen LogP contribution in [0.25, 0.3) is 11.0 Å². The van der Waals surface area contributed by atoms with Crippen LogP contribution in [0.2, 0.25) is 0 Å². The largest absolute Gasteiger partial charge is 0.347 e. The number of benzene rings is 2. The highest BCUT2D eigenvalue weighted by Crippen LogP contribution is 2.21. The first-order valence-electron chi connectivity index (χ1n) is 7.92. The molecule has 0 aliphatic heterocycles. The van der Waals surface area contributed by atoms with Gasteiger partial charge in [-0.05, 0) is 37.1 Å². The van der Waals surface area contributed by atoms with E-state index in [0.29, 0.717) is 6.54 Å². The number of H-pyrrole nitrogens is 1. The molecule has 3 rings (SSSR count). The van der Waals surface area contributed by atoms with Gasteiger partial charge in [0.25, 0.3) is 0 Å². The summed E-state index contributed by atoms with van der Waals surface area (Å²) in [5, 5.41) is 2.93. The Kier molecular flexibility index (Phi) is 4.01. The number of hydrogen-bond acceptors (Lipinski definition) is 2. The quantitative estimate of drug-likeness (QED) is 0.775. The molecular formula is C19H21N3O2. The van der Waals surface area contributed by atoms with Gasteiger partial charge in [-0.15, -0.1) is 0 Å². The average molecular weight is 323 g/mol. The average Bonchev–Trinajstić information content (AvgIpc) is 2.83. The first-order chi connectivity index (χ1) is 11.4. The van der Waals surface area contributed by atoms with Gasteiger partial charge in [0.15, 0.2) is 0 Å². The third-order valence-corrected chi connectivity index (χ3v) is 4.19. The van der Waals surface area contributed by atoms with Gasteiger partial charge in [-0.2, -0.15) is 0 Å². The lowest BCUT2D eigenvalue weighted by molar-refractivity contribution is -0.120. The second-order valence-electron chi connectivity index (χ2n) is 6.54. The Morgan fingerprint density at radius 1 is 1.12 bits per heavy atom. The van der Waals surface area contributed by atoms with Crippen LogP contribution in [0.4, 0.5) is 0 Å². The van der Waals surface area contributed by atoms with Crippen molar-refractivity contribution in [3.63, 3.8) is 0 Å². The maximum atomic E-state index is 12.2. The smallest absolute Gasteiger partial charge is 0.326 e. The van der Waals surface area contributed by atoms with Gasteiger partial charge >= 0.3 is 5.69 Å². The van der Waals surface area contributed by atoms with Gasteiger partial charge in [0, 0.05) is 6.92 Å². The predicted octanol–water partition coefficient (Wildman–Crippen LogP) is 2.75. The van der Waals surface area contributed by atoms with Crippen LogP contribution >= 0.6 is 0 Å². The van der Waals surface area contributed by atoms with Gasteiger partial charge in [0.2, 0.25) is 5.91 Å². The molecule has 24 heavy (non-hydrogen) atoms. The van der Waals surface area contributed by atoms with Crippen LogP contribution in [0.1, 0.15) is 31.9 Å². The highest BCUT2D eigenvalue weighted by molar-refractivity contribution is 5.75. The van der Waals surface area contributed by atoms with E-state index in [1.807, 2.05) is 62.4 Å². The molecule has 3 aromatic rings. The molecule has 2 aromatic carbocycles. The second-order valence-corrected chi connectivity index (χ2v) is 6.54. The summed E-state index contributed by atoms with van der Waals surface area (Å²) in [4.78, 5) is 26.3. The van der Waals surface area contributed by atoms with Crippen LogP contribution in [0.3, 0.4) is 0 Å². The molecule has 0 aliphatic carbocycles. The van der Waals surface area contributed by atoms with E-state index in [1.54, 1.807) is 4.57 Å². The zero-order valence-electron chi connectivity index (χ0n) is 14.1. The normalized spacial score (nSPS) is 11.6. The molecule has 1 amide bonds. The van der Waals surface area contributed by atoms with Crippen molar-refractivity contribution >= 4 is 16.9 Å². The first kappa shape index (κ1) is 16.1.